The number of aryl methyl sites for hydroxylation is 4. The number of anilines is 1. The Balaban J connectivity index is 1.88. The highest BCUT2D eigenvalue weighted by molar-refractivity contribution is 5.39. The SMILES string of the molecule is Cc1nnc(CCCc2ccc(N)cc2)nc1C. The molecule has 4 nitrogen and oxygen atoms in total. The molecule has 2 N–H and O–H groups in total. The quantitative estimate of drug-likeness (QED) is 0.835. The smallest absolute Gasteiger partial charge is 0.151 e. The first-order valence-corrected chi connectivity index (χ1v) is 6.16. The Morgan fingerprint density at radius 3 is 2.33 bits per heavy atom. The number of aromatic nitrogens is 3. The van der Waals surface area contributed by atoms with Crippen LogP contribution in [-0.4, -0.2) is 15.2 Å². The molecule has 18 heavy (non-hydrogen) atoms. The van der Waals surface area contributed by atoms with Crippen LogP contribution < -0.4 is 5.73 Å². The third kappa shape index (κ3) is 3.26. The van der Waals surface area contributed by atoms with Crippen LogP contribution in [0.5, 0.6) is 0 Å². The van der Waals surface area contributed by atoms with E-state index in [1.807, 2.05) is 26.0 Å². The molecule has 0 aliphatic carbocycles. The number of nitrogens with zero attached hydrogens (tertiary/aromatic N) is 3. The van der Waals surface area contributed by atoms with E-state index in [2.05, 4.69) is 27.3 Å². The first kappa shape index (κ1) is 12.5. The second-order valence-corrected chi connectivity index (χ2v) is 4.49. The number of hydrogen-bond acceptors (Lipinski definition) is 4. The second kappa shape index (κ2) is 5.58. The molecule has 0 saturated heterocycles. The number of nitrogens with two attached hydrogens (primary N) is 1. The fourth-order valence-corrected chi connectivity index (χ4v) is 1.74. The Bertz CT molecular complexity index is 520. The lowest BCUT2D eigenvalue weighted by Crippen LogP contribution is -2.03. The number of hydrogen-bond donors (Lipinski definition) is 1. The lowest BCUT2D eigenvalue weighted by molar-refractivity contribution is 0.727. The van der Waals surface area contributed by atoms with Gasteiger partial charge in [0.25, 0.3) is 0 Å². The van der Waals surface area contributed by atoms with Gasteiger partial charge in [0.1, 0.15) is 0 Å². The van der Waals surface area contributed by atoms with Gasteiger partial charge in [-0.2, -0.15) is 5.10 Å². The molecular weight excluding hydrogens is 224 g/mol. The van der Waals surface area contributed by atoms with Crippen LogP contribution in [0.2, 0.25) is 0 Å². The van der Waals surface area contributed by atoms with E-state index in [1.165, 1.54) is 5.56 Å². The third-order valence-electron chi connectivity index (χ3n) is 2.98. The maximum absolute atomic E-state index is 5.65. The van der Waals surface area contributed by atoms with Crippen LogP contribution in [0.4, 0.5) is 5.69 Å². The lowest BCUT2D eigenvalue weighted by Gasteiger charge is -2.03. The largest absolute Gasteiger partial charge is 0.399 e. The molecular formula is C14H18N4. The van der Waals surface area contributed by atoms with Gasteiger partial charge in [0.2, 0.25) is 0 Å². The van der Waals surface area contributed by atoms with Crippen LogP contribution in [0.15, 0.2) is 24.3 Å². The Hall–Kier alpha value is -1.97. The zero-order chi connectivity index (χ0) is 13.0. The van der Waals surface area contributed by atoms with Gasteiger partial charge >= 0.3 is 0 Å². The Labute approximate surface area is 107 Å². The van der Waals surface area contributed by atoms with Crippen molar-refractivity contribution in [2.75, 3.05) is 5.73 Å². The minimum Gasteiger partial charge on any atom is -0.399 e. The van der Waals surface area contributed by atoms with Crippen molar-refractivity contribution in [1.29, 1.82) is 0 Å². The average molecular weight is 242 g/mol. The molecule has 1 heterocycles. The molecule has 0 spiro atoms. The first-order valence-electron chi connectivity index (χ1n) is 6.16. The fraction of sp³-hybridized carbons (Fsp3) is 0.357. The van der Waals surface area contributed by atoms with Gasteiger partial charge in [-0.05, 0) is 44.4 Å². The highest BCUT2D eigenvalue weighted by Crippen LogP contribution is 2.09. The molecule has 2 aromatic rings. The van der Waals surface area contributed by atoms with Crippen LogP contribution in [-0.2, 0) is 12.8 Å². The van der Waals surface area contributed by atoms with E-state index in [4.69, 9.17) is 5.73 Å². The number of nitrogen functional groups attached to an aromatic ring is 1. The number of benzene rings is 1. The van der Waals surface area contributed by atoms with Gasteiger partial charge in [0, 0.05) is 12.1 Å². The Kier molecular flexibility index (Phi) is 3.87. The third-order valence-corrected chi connectivity index (χ3v) is 2.98. The molecule has 1 aromatic heterocycles. The molecule has 1 aromatic carbocycles. The minimum atomic E-state index is 0.806. The summed E-state index contributed by atoms with van der Waals surface area (Å²) in [6, 6.07) is 8.00. The van der Waals surface area contributed by atoms with Crippen LogP contribution >= 0.6 is 0 Å². The summed E-state index contributed by atoms with van der Waals surface area (Å²) in [7, 11) is 0. The van der Waals surface area contributed by atoms with Gasteiger partial charge < -0.3 is 5.73 Å². The van der Waals surface area contributed by atoms with Crippen molar-refractivity contribution in [3.8, 4) is 0 Å². The van der Waals surface area contributed by atoms with Gasteiger partial charge in [0.15, 0.2) is 5.82 Å². The van der Waals surface area contributed by atoms with Crippen LogP contribution in [0.1, 0.15) is 29.2 Å². The summed E-state index contributed by atoms with van der Waals surface area (Å²) < 4.78 is 0. The normalized spacial score (nSPS) is 10.6. The summed E-state index contributed by atoms with van der Waals surface area (Å²) in [5, 5.41) is 8.19. The monoisotopic (exact) mass is 242 g/mol. The Morgan fingerprint density at radius 1 is 0.944 bits per heavy atom. The molecule has 0 saturated carbocycles. The topological polar surface area (TPSA) is 64.7 Å². The van der Waals surface area contributed by atoms with Crippen molar-refractivity contribution in [2.24, 2.45) is 0 Å². The standard InChI is InChI=1S/C14H18N4/c1-10-11(2)17-18-14(16-10)5-3-4-12-6-8-13(15)9-7-12/h6-9H,3-5,15H2,1-2H3. The predicted molar refractivity (Wildman–Crippen MR) is 72.2 cm³/mol. The highest BCUT2D eigenvalue weighted by atomic mass is 15.2. The molecule has 94 valence electrons. The number of rotatable bonds is 4. The molecule has 0 radical (unpaired) electrons. The van der Waals surface area contributed by atoms with Gasteiger partial charge in [-0.3, -0.25) is 0 Å². The molecule has 0 fully saturated rings. The fourth-order valence-electron chi connectivity index (χ4n) is 1.74. The van der Waals surface area contributed by atoms with Crippen molar-refractivity contribution in [3.05, 3.63) is 47.0 Å². The zero-order valence-corrected chi connectivity index (χ0v) is 10.8. The van der Waals surface area contributed by atoms with Crippen molar-refractivity contribution < 1.29 is 0 Å². The summed E-state index contributed by atoms with van der Waals surface area (Å²) in [6.45, 7) is 3.89. The summed E-state index contributed by atoms with van der Waals surface area (Å²) in [5.74, 6) is 0.827. The predicted octanol–water partition coefficient (Wildman–Crippen LogP) is 2.25. The van der Waals surface area contributed by atoms with Gasteiger partial charge in [-0.1, -0.05) is 12.1 Å². The van der Waals surface area contributed by atoms with Gasteiger partial charge in [-0.25, -0.2) is 4.98 Å². The van der Waals surface area contributed by atoms with Crippen molar-refractivity contribution >= 4 is 5.69 Å². The molecule has 4 heteroatoms. The molecule has 0 aliphatic rings. The van der Waals surface area contributed by atoms with E-state index >= 15 is 0 Å². The van der Waals surface area contributed by atoms with Gasteiger partial charge in [-0.15, -0.1) is 5.10 Å². The van der Waals surface area contributed by atoms with Crippen LogP contribution in [0, 0.1) is 13.8 Å². The maximum atomic E-state index is 5.65. The summed E-state index contributed by atoms with van der Waals surface area (Å²) >= 11 is 0. The first-order chi connectivity index (χ1) is 8.65. The zero-order valence-electron chi connectivity index (χ0n) is 10.8. The van der Waals surface area contributed by atoms with Gasteiger partial charge in [0.05, 0.1) is 11.4 Å². The molecule has 0 bridgehead atoms. The van der Waals surface area contributed by atoms with E-state index in [1.54, 1.807) is 0 Å². The summed E-state index contributed by atoms with van der Waals surface area (Å²) in [6.07, 6.45) is 2.89. The van der Waals surface area contributed by atoms with Crippen LogP contribution in [0.25, 0.3) is 0 Å². The van der Waals surface area contributed by atoms with E-state index in [-0.39, 0.29) is 0 Å². The molecule has 0 aliphatic heterocycles. The van der Waals surface area contributed by atoms with Crippen molar-refractivity contribution in [3.63, 3.8) is 0 Å². The average Bonchev–Trinajstić information content (AvgIpc) is 2.36. The van der Waals surface area contributed by atoms with Crippen LogP contribution in [0.3, 0.4) is 0 Å². The maximum Gasteiger partial charge on any atom is 0.151 e. The van der Waals surface area contributed by atoms with E-state index in [9.17, 15) is 0 Å². The minimum absolute atomic E-state index is 0.806. The Morgan fingerprint density at radius 2 is 1.67 bits per heavy atom. The lowest BCUT2D eigenvalue weighted by atomic mass is 10.1. The summed E-state index contributed by atoms with van der Waals surface area (Å²) in [5.41, 5.74) is 9.61. The molecule has 2 rings (SSSR count). The van der Waals surface area contributed by atoms with E-state index in [0.29, 0.717) is 0 Å². The van der Waals surface area contributed by atoms with E-state index < -0.39 is 0 Å². The van der Waals surface area contributed by atoms with E-state index in [0.717, 1.165) is 42.2 Å². The van der Waals surface area contributed by atoms with Crippen molar-refractivity contribution in [2.45, 2.75) is 33.1 Å². The highest BCUT2D eigenvalue weighted by Gasteiger charge is 2.02. The van der Waals surface area contributed by atoms with Crippen molar-refractivity contribution in [1.82, 2.24) is 15.2 Å². The summed E-state index contributed by atoms with van der Waals surface area (Å²) in [4.78, 5) is 4.42. The second-order valence-electron chi connectivity index (χ2n) is 4.49. The molecule has 0 unspecified atom stereocenters. The molecule has 0 amide bonds. The molecule has 0 atom stereocenters.